The van der Waals surface area contributed by atoms with Crippen molar-refractivity contribution in [2.75, 3.05) is 47.5 Å². The number of phosphoric acid groups is 1. The molecule has 11 nitrogen and oxygen atoms in total. The van der Waals surface area contributed by atoms with E-state index in [2.05, 4.69) is 13.8 Å². The summed E-state index contributed by atoms with van der Waals surface area (Å²) in [5.74, 6) is -0.855. The molecule has 1 aliphatic carbocycles. The van der Waals surface area contributed by atoms with E-state index in [0.29, 0.717) is 30.3 Å². The van der Waals surface area contributed by atoms with E-state index in [1.807, 2.05) is 33.3 Å². The number of ether oxygens (including phenoxy) is 2. The lowest BCUT2D eigenvalue weighted by molar-refractivity contribution is -0.870. The average molecular weight is 844 g/mol. The molecule has 1 unspecified atom stereocenters. The Morgan fingerprint density at radius 3 is 2.02 bits per heavy atom. The van der Waals surface area contributed by atoms with Crippen LogP contribution in [0.5, 0.6) is 0 Å². The predicted octanol–water partition coefficient (Wildman–Crippen LogP) is 9.91. The van der Waals surface area contributed by atoms with E-state index in [0.717, 1.165) is 57.8 Å². The third-order valence-electron chi connectivity index (χ3n) is 11.0. The fraction of sp³-hybridized carbons (Fsp3) is 0.870. The number of quaternary nitrogens is 1. The molecular formula is C46H86NO10P. The standard InChI is InChI=1S/C46H86NO10P/c1-6-8-10-11-12-13-14-15-16-17-18-19-20-21-24-28-35-54-41(39-57-58(52,53)56-36-34-47(3,4)5)38-55-46(51)31-27-23-22-26-30-42-43(45(50)37-44(42)49)33-32-40(48)29-25-9-7-2/h28,32-33,35,40-43,45,48,50H,6-27,29-31,34,36-39H2,1-5H3/b33-32+,35-28-/t40-,41+,42+,43+,45+/m0/s1. The van der Waals surface area contributed by atoms with Gasteiger partial charge in [-0.15, -0.1) is 0 Å². The van der Waals surface area contributed by atoms with Gasteiger partial charge in [0.25, 0.3) is 7.82 Å². The lowest BCUT2D eigenvalue weighted by Crippen LogP contribution is -2.37. The van der Waals surface area contributed by atoms with Crippen molar-refractivity contribution in [1.29, 1.82) is 0 Å². The highest BCUT2D eigenvalue weighted by Crippen LogP contribution is 2.38. The van der Waals surface area contributed by atoms with Gasteiger partial charge in [-0.1, -0.05) is 148 Å². The van der Waals surface area contributed by atoms with Crippen LogP contribution in [0.4, 0.5) is 0 Å². The highest BCUT2D eigenvalue weighted by molar-refractivity contribution is 7.45. The van der Waals surface area contributed by atoms with Gasteiger partial charge in [-0.25, -0.2) is 0 Å². The lowest BCUT2D eigenvalue weighted by atomic mass is 9.88. The minimum absolute atomic E-state index is 0.0102. The Balaban J connectivity index is 2.41. The normalized spacial score (nSPS) is 19.6. The number of unbranched alkanes of at least 4 members (excludes halogenated alkanes) is 19. The van der Waals surface area contributed by atoms with Crippen molar-refractivity contribution >= 4 is 19.6 Å². The maximum atomic E-state index is 12.6. The Bertz CT molecular complexity index is 1140. The molecule has 2 N–H and O–H groups in total. The van der Waals surface area contributed by atoms with Crippen LogP contribution < -0.4 is 4.89 Å². The summed E-state index contributed by atoms with van der Waals surface area (Å²) < 4.78 is 34.4. The second kappa shape index (κ2) is 34.0. The van der Waals surface area contributed by atoms with Gasteiger partial charge in [0.15, 0.2) is 6.10 Å². The van der Waals surface area contributed by atoms with E-state index < -0.39 is 32.1 Å². The minimum Gasteiger partial charge on any atom is -0.756 e. The molecule has 0 bridgehead atoms. The first-order valence-electron chi connectivity index (χ1n) is 23.2. The monoisotopic (exact) mass is 844 g/mol. The number of hydrogen-bond donors (Lipinski definition) is 2. The van der Waals surface area contributed by atoms with Gasteiger partial charge >= 0.3 is 5.97 Å². The molecule has 1 aliphatic rings. The number of rotatable bonds is 39. The summed E-state index contributed by atoms with van der Waals surface area (Å²) in [6.07, 6.45) is 31.9. The van der Waals surface area contributed by atoms with Crippen LogP contribution in [0, 0.1) is 11.8 Å². The fourth-order valence-corrected chi connectivity index (χ4v) is 7.98. The van der Waals surface area contributed by atoms with Crippen LogP contribution in [0.3, 0.4) is 0 Å². The molecule has 1 rings (SSSR count). The highest BCUT2D eigenvalue weighted by atomic mass is 31.2. The number of phosphoric ester groups is 1. The first-order valence-corrected chi connectivity index (χ1v) is 24.7. The summed E-state index contributed by atoms with van der Waals surface area (Å²) in [7, 11) is 1.23. The molecule has 1 saturated carbocycles. The van der Waals surface area contributed by atoms with Gasteiger partial charge in [0.1, 0.15) is 25.5 Å². The molecule has 0 saturated heterocycles. The topological polar surface area (TPSA) is 152 Å². The Kier molecular flexibility index (Phi) is 32.0. The molecule has 6 atom stereocenters. The quantitative estimate of drug-likeness (QED) is 0.0153. The molecule has 0 aromatic heterocycles. The zero-order valence-electron chi connectivity index (χ0n) is 37.5. The van der Waals surface area contributed by atoms with Gasteiger partial charge in [-0.05, 0) is 38.2 Å². The molecule has 58 heavy (non-hydrogen) atoms. The van der Waals surface area contributed by atoms with E-state index >= 15 is 0 Å². The molecule has 0 radical (unpaired) electrons. The van der Waals surface area contributed by atoms with Crippen molar-refractivity contribution in [2.45, 2.75) is 199 Å². The molecule has 0 aromatic rings. The number of nitrogens with zero attached hydrogens (tertiary/aromatic N) is 1. The van der Waals surface area contributed by atoms with Gasteiger partial charge in [0.2, 0.25) is 0 Å². The average Bonchev–Trinajstić information content (AvgIpc) is 3.44. The van der Waals surface area contributed by atoms with E-state index in [4.69, 9.17) is 18.5 Å². The molecule has 0 aromatic carbocycles. The van der Waals surface area contributed by atoms with Crippen LogP contribution in [0.2, 0.25) is 0 Å². The number of esters is 1. The zero-order valence-corrected chi connectivity index (χ0v) is 38.4. The van der Waals surface area contributed by atoms with E-state index in [9.17, 15) is 29.3 Å². The van der Waals surface area contributed by atoms with Gasteiger partial charge in [0, 0.05) is 24.7 Å². The van der Waals surface area contributed by atoms with Gasteiger partial charge < -0.3 is 38.1 Å². The van der Waals surface area contributed by atoms with Gasteiger partial charge in [-0.2, -0.15) is 0 Å². The number of carbonyl (C=O) groups excluding carboxylic acids is 2. The summed E-state index contributed by atoms with van der Waals surface area (Å²) >= 11 is 0. The number of ketones is 1. The van der Waals surface area contributed by atoms with E-state index in [-0.39, 0.29) is 50.3 Å². The van der Waals surface area contributed by atoms with Crippen LogP contribution in [-0.2, 0) is 32.7 Å². The third kappa shape index (κ3) is 30.4. The number of Topliss-reactive ketones (excluding diaryl/α,β-unsaturated/α-hetero) is 1. The molecule has 0 aliphatic heterocycles. The maximum absolute atomic E-state index is 12.6. The Morgan fingerprint density at radius 2 is 1.40 bits per heavy atom. The maximum Gasteiger partial charge on any atom is 0.305 e. The predicted molar refractivity (Wildman–Crippen MR) is 232 cm³/mol. The molecule has 340 valence electrons. The van der Waals surface area contributed by atoms with E-state index in [1.165, 1.54) is 77.0 Å². The Hall–Kier alpha value is -1.59. The van der Waals surface area contributed by atoms with Crippen LogP contribution >= 0.6 is 7.82 Å². The number of allylic oxidation sites excluding steroid dienone is 1. The van der Waals surface area contributed by atoms with Crippen molar-refractivity contribution < 1.29 is 52.3 Å². The first-order chi connectivity index (χ1) is 27.8. The smallest absolute Gasteiger partial charge is 0.305 e. The van der Waals surface area contributed by atoms with Crippen LogP contribution in [-0.4, -0.2) is 92.3 Å². The number of likely N-dealkylation sites (N-methyl/N-ethyl adjacent to an activating group) is 1. The summed E-state index contributed by atoms with van der Waals surface area (Å²) in [6, 6.07) is 0. The molecule has 12 heteroatoms. The number of carbonyl (C=O) groups is 2. The fourth-order valence-electron chi connectivity index (χ4n) is 7.25. The minimum atomic E-state index is -4.57. The SMILES string of the molecule is CCCCCCCCCCCCCCCC/C=C\O[C@H](COC(=O)CCCCCC[C@H]1C(=O)C[C@@H](O)[C@@H]1/C=C/[C@@H](O)CCCCC)COP(=O)([O-])OCC[N+](C)(C)C. The number of aliphatic hydroxyl groups is 2. The molecule has 0 spiro atoms. The summed E-state index contributed by atoms with van der Waals surface area (Å²) in [6.45, 7) is 4.35. The lowest BCUT2D eigenvalue weighted by Gasteiger charge is -2.28. The molecule has 1 fully saturated rings. The van der Waals surface area contributed by atoms with Gasteiger partial charge in [-0.3, -0.25) is 14.2 Å². The van der Waals surface area contributed by atoms with Gasteiger partial charge in [0.05, 0.1) is 46.2 Å². The third-order valence-corrected chi connectivity index (χ3v) is 12.0. The zero-order chi connectivity index (χ0) is 42.9. The molecule has 0 amide bonds. The van der Waals surface area contributed by atoms with Crippen molar-refractivity contribution in [3.05, 3.63) is 24.5 Å². The number of hydrogen-bond acceptors (Lipinski definition) is 10. The Labute approximate surface area is 353 Å². The van der Waals surface area contributed by atoms with Crippen molar-refractivity contribution in [3.63, 3.8) is 0 Å². The number of aliphatic hydroxyl groups excluding tert-OH is 2. The van der Waals surface area contributed by atoms with E-state index in [1.54, 1.807) is 12.3 Å². The second-order valence-electron chi connectivity index (χ2n) is 17.6. The second-order valence-corrected chi connectivity index (χ2v) is 19.0. The van der Waals surface area contributed by atoms with Crippen molar-refractivity contribution in [3.8, 4) is 0 Å². The Morgan fingerprint density at radius 1 is 0.828 bits per heavy atom. The largest absolute Gasteiger partial charge is 0.756 e. The highest BCUT2D eigenvalue weighted by Gasteiger charge is 2.39. The summed E-state index contributed by atoms with van der Waals surface area (Å²) in [5.41, 5.74) is 0. The van der Waals surface area contributed by atoms with Crippen LogP contribution in [0.25, 0.3) is 0 Å². The summed E-state index contributed by atoms with van der Waals surface area (Å²) in [4.78, 5) is 37.6. The first kappa shape index (κ1) is 54.4. The van der Waals surface area contributed by atoms with Crippen LogP contribution in [0.1, 0.15) is 181 Å². The molecule has 0 heterocycles. The van der Waals surface area contributed by atoms with Crippen molar-refractivity contribution in [2.24, 2.45) is 11.8 Å². The summed E-state index contributed by atoms with van der Waals surface area (Å²) in [5, 5.41) is 20.7. The van der Waals surface area contributed by atoms with Crippen LogP contribution in [0.15, 0.2) is 24.5 Å². The van der Waals surface area contributed by atoms with Crippen molar-refractivity contribution in [1.82, 2.24) is 0 Å². The molecular weight excluding hydrogens is 757 g/mol.